The van der Waals surface area contributed by atoms with Crippen molar-refractivity contribution in [3.8, 4) is 0 Å². The fourth-order valence-corrected chi connectivity index (χ4v) is 2.21. The number of alkyl halides is 2. The highest BCUT2D eigenvalue weighted by Gasteiger charge is 2.27. The molecule has 0 aliphatic carbocycles. The number of benzene rings is 1. The van der Waals surface area contributed by atoms with E-state index in [0.29, 0.717) is 16.8 Å². The van der Waals surface area contributed by atoms with Crippen molar-refractivity contribution in [1.82, 2.24) is 0 Å². The Morgan fingerprint density at radius 3 is 2.37 bits per heavy atom. The Bertz CT molecular complexity index is 481. The molecule has 2 nitrogen and oxygen atoms in total. The van der Waals surface area contributed by atoms with Crippen LogP contribution in [0.1, 0.15) is 50.8 Å². The Kier molecular flexibility index (Phi) is 5.10. The van der Waals surface area contributed by atoms with Crippen molar-refractivity contribution in [2.45, 2.75) is 45.8 Å². The first-order valence-corrected chi connectivity index (χ1v) is 7.10. The topological polar surface area (TPSA) is 35.4 Å². The van der Waals surface area contributed by atoms with Crippen LogP contribution in [0.25, 0.3) is 0 Å². The van der Waals surface area contributed by atoms with Gasteiger partial charge in [-0.1, -0.05) is 22.6 Å². The first kappa shape index (κ1) is 16.1. The van der Waals surface area contributed by atoms with Gasteiger partial charge < -0.3 is 4.55 Å². The van der Waals surface area contributed by atoms with Gasteiger partial charge >= 0.3 is 0 Å². The minimum atomic E-state index is -2.51. The highest BCUT2D eigenvalue weighted by Crippen LogP contribution is 2.26. The second kappa shape index (κ2) is 6.01. The van der Waals surface area contributed by atoms with Crippen LogP contribution < -0.4 is 0 Å². The third kappa shape index (κ3) is 4.01. The Morgan fingerprint density at radius 2 is 1.89 bits per heavy atom. The van der Waals surface area contributed by atoms with Crippen LogP contribution in [-0.2, 0) is 11.4 Å². The molecule has 19 heavy (non-hydrogen) atoms. The van der Waals surface area contributed by atoms with E-state index < -0.39 is 22.5 Å². The predicted octanol–water partition coefficient (Wildman–Crippen LogP) is 4.20. The third-order valence-electron chi connectivity index (χ3n) is 2.74. The van der Waals surface area contributed by atoms with Gasteiger partial charge in [0.05, 0.1) is 5.71 Å². The molecule has 1 rings (SSSR count). The minimum Gasteiger partial charge on any atom is -0.591 e. The molecule has 0 saturated heterocycles. The molecule has 0 heterocycles. The number of halogens is 2. The zero-order valence-corrected chi connectivity index (χ0v) is 12.6. The van der Waals surface area contributed by atoms with Gasteiger partial charge in [-0.2, -0.15) is 0 Å². The van der Waals surface area contributed by atoms with Gasteiger partial charge in [-0.25, -0.2) is 8.78 Å². The molecular formula is C14H19F2NOS. The van der Waals surface area contributed by atoms with Crippen molar-refractivity contribution in [1.29, 1.82) is 0 Å². The monoisotopic (exact) mass is 287 g/mol. The molecule has 0 radical (unpaired) electrons. The second-order valence-electron chi connectivity index (χ2n) is 5.36. The molecule has 1 aromatic rings. The van der Waals surface area contributed by atoms with Crippen LogP contribution in [0, 0.1) is 6.92 Å². The van der Waals surface area contributed by atoms with E-state index in [-0.39, 0.29) is 5.56 Å². The van der Waals surface area contributed by atoms with Crippen LogP contribution in [0.2, 0.25) is 0 Å². The standard InChI is InChI=1S/C14H19F2NOS/c1-9-11(7-6-8-12(9)13(15)16)10(2)17-19(18)14(3,4)5/h6-8,13H,1-5H3/b17-10+. The van der Waals surface area contributed by atoms with Crippen molar-refractivity contribution in [2.24, 2.45) is 4.40 Å². The van der Waals surface area contributed by atoms with Gasteiger partial charge in [0.1, 0.15) is 16.1 Å². The average molecular weight is 287 g/mol. The summed E-state index contributed by atoms with van der Waals surface area (Å²) in [5, 5.41) is 0. The van der Waals surface area contributed by atoms with Crippen molar-refractivity contribution < 1.29 is 13.3 Å². The van der Waals surface area contributed by atoms with E-state index in [1.807, 2.05) is 20.8 Å². The molecule has 0 aliphatic rings. The lowest BCUT2D eigenvalue weighted by Crippen LogP contribution is -2.26. The van der Waals surface area contributed by atoms with Crippen LogP contribution in [0.4, 0.5) is 8.78 Å². The van der Waals surface area contributed by atoms with Gasteiger partial charge in [-0.3, -0.25) is 0 Å². The van der Waals surface area contributed by atoms with Gasteiger partial charge in [0, 0.05) is 11.1 Å². The van der Waals surface area contributed by atoms with E-state index in [2.05, 4.69) is 4.40 Å². The van der Waals surface area contributed by atoms with Crippen LogP contribution in [-0.4, -0.2) is 15.0 Å². The molecule has 106 valence electrons. The van der Waals surface area contributed by atoms with Gasteiger partial charge in [0.25, 0.3) is 6.43 Å². The van der Waals surface area contributed by atoms with Gasteiger partial charge in [-0.05, 0) is 40.2 Å². The SMILES string of the molecule is C/C(=N\[S+]([O-])C(C)(C)C)c1cccc(C(F)F)c1C. The number of nitrogens with zero attached hydrogens (tertiary/aromatic N) is 1. The summed E-state index contributed by atoms with van der Waals surface area (Å²) >= 11 is -1.39. The average Bonchev–Trinajstić information content (AvgIpc) is 2.27. The number of rotatable bonds is 3. The summed E-state index contributed by atoms with van der Waals surface area (Å²) in [4.78, 5) is 0. The van der Waals surface area contributed by atoms with Crippen molar-refractivity contribution in [3.63, 3.8) is 0 Å². The Hall–Kier alpha value is -0.940. The van der Waals surface area contributed by atoms with Crippen molar-refractivity contribution in [3.05, 3.63) is 34.9 Å². The number of hydrogen-bond acceptors (Lipinski definition) is 2. The van der Waals surface area contributed by atoms with Crippen molar-refractivity contribution in [2.75, 3.05) is 0 Å². The maximum absolute atomic E-state index is 12.8. The molecule has 1 aromatic carbocycles. The van der Waals surface area contributed by atoms with E-state index in [4.69, 9.17) is 0 Å². The van der Waals surface area contributed by atoms with E-state index in [1.54, 1.807) is 26.0 Å². The quantitative estimate of drug-likeness (QED) is 0.606. The molecule has 5 heteroatoms. The number of hydrogen-bond donors (Lipinski definition) is 0. The lowest BCUT2D eigenvalue weighted by Gasteiger charge is -2.19. The molecule has 0 N–H and O–H groups in total. The van der Waals surface area contributed by atoms with Crippen LogP contribution in [0.3, 0.4) is 0 Å². The maximum atomic E-state index is 12.8. The van der Waals surface area contributed by atoms with Crippen LogP contribution >= 0.6 is 0 Å². The lowest BCUT2D eigenvalue weighted by molar-refractivity contribution is 0.150. The Morgan fingerprint density at radius 1 is 1.32 bits per heavy atom. The molecule has 0 bridgehead atoms. The van der Waals surface area contributed by atoms with Gasteiger partial charge in [0.15, 0.2) is 0 Å². The zero-order chi connectivity index (χ0) is 14.8. The lowest BCUT2D eigenvalue weighted by atomic mass is 10.00. The molecule has 0 aliphatic heterocycles. The highest BCUT2D eigenvalue weighted by atomic mass is 32.2. The third-order valence-corrected chi connectivity index (χ3v) is 4.23. The van der Waals surface area contributed by atoms with Gasteiger partial charge in [0.2, 0.25) is 0 Å². The first-order valence-electron chi connectivity index (χ1n) is 6.00. The smallest absolute Gasteiger partial charge is 0.264 e. The normalized spacial score (nSPS) is 14.9. The summed E-state index contributed by atoms with van der Waals surface area (Å²) in [6, 6.07) is 4.69. The maximum Gasteiger partial charge on any atom is 0.264 e. The molecule has 0 fully saturated rings. The fraction of sp³-hybridized carbons (Fsp3) is 0.500. The van der Waals surface area contributed by atoms with Crippen LogP contribution in [0.5, 0.6) is 0 Å². The fourth-order valence-electron chi connectivity index (χ4n) is 1.59. The van der Waals surface area contributed by atoms with E-state index in [1.165, 1.54) is 6.07 Å². The molecule has 0 spiro atoms. The first-order chi connectivity index (χ1) is 8.64. The molecule has 1 atom stereocenters. The molecule has 0 saturated carbocycles. The Labute approximate surface area is 116 Å². The molecule has 0 aromatic heterocycles. The minimum absolute atomic E-state index is 0.00593. The van der Waals surface area contributed by atoms with Gasteiger partial charge in [-0.15, -0.1) is 0 Å². The Balaban J connectivity index is 3.17. The van der Waals surface area contributed by atoms with Crippen LogP contribution in [0.15, 0.2) is 22.6 Å². The second-order valence-corrected chi connectivity index (χ2v) is 7.26. The predicted molar refractivity (Wildman–Crippen MR) is 76.2 cm³/mol. The van der Waals surface area contributed by atoms with Crippen molar-refractivity contribution >= 4 is 17.1 Å². The summed E-state index contributed by atoms with van der Waals surface area (Å²) in [6.07, 6.45) is -2.51. The summed E-state index contributed by atoms with van der Waals surface area (Å²) in [6.45, 7) is 8.80. The largest absolute Gasteiger partial charge is 0.591 e. The summed E-state index contributed by atoms with van der Waals surface area (Å²) < 4.78 is 41.3. The molecule has 0 amide bonds. The molecular weight excluding hydrogens is 268 g/mol. The van der Waals surface area contributed by atoms with E-state index in [9.17, 15) is 13.3 Å². The van der Waals surface area contributed by atoms with E-state index in [0.717, 1.165) is 0 Å². The summed E-state index contributed by atoms with van der Waals surface area (Å²) in [5.74, 6) is 0. The zero-order valence-electron chi connectivity index (χ0n) is 11.8. The van der Waals surface area contributed by atoms with E-state index >= 15 is 0 Å². The highest BCUT2D eigenvalue weighted by molar-refractivity contribution is 7.91. The molecule has 1 unspecified atom stereocenters. The summed E-state index contributed by atoms with van der Waals surface area (Å²) in [5.41, 5.74) is 1.63. The summed E-state index contributed by atoms with van der Waals surface area (Å²) in [7, 11) is 0.